The quantitative estimate of drug-likeness (QED) is 0.831. The van der Waals surface area contributed by atoms with E-state index in [4.69, 9.17) is 0 Å². The van der Waals surface area contributed by atoms with E-state index in [-0.39, 0.29) is 17.9 Å². The number of carbonyl (C=O) groups excluding carboxylic acids is 2. The van der Waals surface area contributed by atoms with E-state index in [1.807, 2.05) is 30.3 Å². The Hall–Kier alpha value is -1.88. The van der Waals surface area contributed by atoms with E-state index in [2.05, 4.69) is 10.6 Å². The van der Waals surface area contributed by atoms with Crippen molar-refractivity contribution in [2.45, 2.75) is 57.2 Å². The van der Waals surface area contributed by atoms with Gasteiger partial charge in [-0.3, -0.25) is 9.59 Å². The van der Waals surface area contributed by atoms with Crippen molar-refractivity contribution in [3.63, 3.8) is 0 Å². The molecule has 1 aliphatic carbocycles. The molecule has 5 heteroatoms. The van der Waals surface area contributed by atoms with Gasteiger partial charge in [-0.2, -0.15) is 0 Å². The lowest BCUT2D eigenvalue weighted by molar-refractivity contribution is -0.130. The topological polar surface area (TPSA) is 61.4 Å². The van der Waals surface area contributed by atoms with Gasteiger partial charge < -0.3 is 15.5 Å². The molecule has 1 saturated carbocycles. The number of amides is 2. The van der Waals surface area contributed by atoms with Crippen molar-refractivity contribution in [1.82, 2.24) is 15.5 Å². The normalized spacial score (nSPS) is 25.2. The molecule has 1 aromatic carbocycles. The number of fused-ring (bicyclic) bond motifs is 1. The highest BCUT2D eigenvalue weighted by atomic mass is 16.2. The second-order valence-corrected chi connectivity index (χ2v) is 7.38. The summed E-state index contributed by atoms with van der Waals surface area (Å²) in [6.07, 6.45) is 6.28. The first-order valence-electron chi connectivity index (χ1n) is 9.45. The second kappa shape index (κ2) is 8.48. The van der Waals surface area contributed by atoms with Gasteiger partial charge in [-0.15, -0.1) is 0 Å². The molecular formula is C20H29N3O2. The fourth-order valence-corrected chi connectivity index (χ4v) is 4.07. The van der Waals surface area contributed by atoms with Crippen LogP contribution in [0.15, 0.2) is 30.3 Å². The van der Waals surface area contributed by atoms with Crippen LogP contribution in [0, 0.1) is 5.92 Å². The van der Waals surface area contributed by atoms with Crippen LogP contribution in [0.5, 0.6) is 0 Å². The molecule has 1 saturated heterocycles. The number of benzene rings is 1. The molecule has 3 atom stereocenters. The number of hydrogen-bond donors (Lipinski definition) is 2. The van der Waals surface area contributed by atoms with Crippen molar-refractivity contribution in [1.29, 1.82) is 0 Å². The van der Waals surface area contributed by atoms with E-state index in [0.717, 1.165) is 12.0 Å². The van der Waals surface area contributed by atoms with Gasteiger partial charge in [0.25, 0.3) is 0 Å². The van der Waals surface area contributed by atoms with Gasteiger partial charge in [0.1, 0.15) is 0 Å². The molecule has 0 bridgehead atoms. The van der Waals surface area contributed by atoms with Crippen molar-refractivity contribution in [2.75, 3.05) is 13.6 Å². The molecule has 3 rings (SSSR count). The van der Waals surface area contributed by atoms with Gasteiger partial charge in [0.2, 0.25) is 11.8 Å². The number of nitrogens with one attached hydrogen (secondary N) is 2. The van der Waals surface area contributed by atoms with Crippen molar-refractivity contribution in [3.05, 3.63) is 35.9 Å². The zero-order valence-corrected chi connectivity index (χ0v) is 15.0. The number of nitrogens with zero attached hydrogens (tertiary/aromatic N) is 1. The van der Waals surface area contributed by atoms with Crippen molar-refractivity contribution >= 4 is 11.8 Å². The first kappa shape index (κ1) is 17.9. The highest BCUT2D eigenvalue weighted by Crippen LogP contribution is 2.33. The molecule has 0 spiro atoms. The van der Waals surface area contributed by atoms with Crippen LogP contribution >= 0.6 is 0 Å². The molecule has 2 fully saturated rings. The van der Waals surface area contributed by atoms with E-state index in [1.54, 1.807) is 11.9 Å². The Morgan fingerprint density at radius 2 is 1.96 bits per heavy atom. The first-order chi connectivity index (χ1) is 12.1. The van der Waals surface area contributed by atoms with Crippen LogP contribution in [0.25, 0.3) is 0 Å². The molecule has 136 valence electrons. The van der Waals surface area contributed by atoms with E-state index >= 15 is 0 Å². The number of carbonyl (C=O) groups is 2. The van der Waals surface area contributed by atoms with Gasteiger partial charge in [-0.1, -0.05) is 43.2 Å². The smallest absolute Gasteiger partial charge is 0.237 e. The second-order valence-electron chi connectivity index (χ2n) is 7.38. The lowest BCUT2D eigenvalue weighted by Crippen LogP contribution is -2.44. The summed E-state index contributed by atoms with van der Waals surface area (Å²) in [5.74, 6) is 0.758. The minimum atomic E-state index is -0.0785. The number of rotatable bonds is 6. The molecule has 0 aromatic heterocycles. The lowest BCUT2D eigenvalue weighted by atomic mass is 9.85. The van der Waals surface area contributed by atoms with Crippen molar-refractivity contribution in [3.8, 4) is 0 Å². The summed E-state index contributed by atoms with van der Waals surface area (Å²) in [6, 6.07) is 10.4. The molecule has 2 aliphatic rings. The largest absolute Gasteiger partial charge is 0.354 e. The molecule has 0 unspecified atom stereocenters. The van der Waals surface area contributed by atoms with Gasteiger partial charge in [-0.05, 0) is 30.7 Å². The Bertz CT molecular complexity index is 576. The van der Waals surface area contributed by atoms with Crippen LogP contribution in [0.3, 0.4) is 0 Å². The lowest BCUT2D eigenvalue weighted by Gasteiger charge is -2.24. The summed E-state index contributed by atoms with van der Waals surface area (Å²) >= 11 is 0. The van der Waals surface area contributed by atoms with Crippen LogP contribution in [0.1, 0.15) is 44.1 Å². The van der Waals surface area contributed by atoms with E-state index < -0.39 is 0 Å². The summed E-state index contributed by atoms with van der Waals surface area (Å²) in [5.41, 5.74) is 1.11. The summed E-state index contributed by atoms with van der Waals surface area (Å²) < 4.78 is 0. The van der Waals surface area contributed by atoms with Gasteiger partial charge in [-0.25, -0.2) is 0 Å². The maximum atomic E-state index is 12.3. The standard InChI is InChI=1S/C20H29N3O2/c1-23(14-15-7-3-2-4-8-15)19(24)11-12-21-20(25)18-13-16-9-5-6-10-17(16)22-18/h2-4,7-8,16-18,22H,5-6,9-14H2,1H3,(H,21,25)/t16-,17+,18+/m1/s1. The fraction of sp³-hybridized carbons (Fsp3) is 0.600. The Morgan fingerprint density at radius 3 is 2.72 bits per heavy atom. The van der Waals surface area contributed by atoms with Gasteiger partial charge in [0.05, 0.1) is 6.04 Å². The predicted octanol–water partition coefficient (Wildman–Crippen LogP) is 2.07. The third-order valence-corrected chi connectivity index (χ3v) is 5.51. The SMILES string of the molecule is CN(Cc1ccccc1)C(=O)CCNC(=O)[C@@H]1C[C@H]2CCCC[C@@H]2N1. The van der Waals surface area contributed by atoms with Crippen LogP contribution in [-0.4, -0.2) is 42.4 Å². The third-order valence-electron chi connectivity index (χ3n) is 5.51. The number of hydrogen-bond acceptors (Lipinski definition) is 3. The highest BCUT2D eigenvalue weighted by Gasteiger charge is 2.37. The summed E-state index contributed by atoms with van der Waals surface area (Å²) in [4.78, 5) is 26.3. The monoisotopic (exact) mass is 343 g/mol. The molecule has 2 N–H and O–H groups in total. The maximum Gasteiger partial charge on any atom is 0.237 e. The van der Waals surface area contributed by atoms with Gasteiger partial charge in [0, 0.05) is 32.6 Å². The van der Waals surface area contributed by atoms with Crippen molar-refractivity contribution in [2.24, 2.45) is 5.92 Å². The molecule has 2 amide bonds. The minimum absolute atomic E-state index is 0.0490. The molecule has 1 aromatic rings. The predicted molar refractivity (Wildman–Crippen MR) is 97.8 cm³/mol. The van der Waals surface area contributed by atoms with Crippen LogP contribution < -0.4 is 10.6 Å². The van der Waals surface area contributed by atoms with Crippen LogP contribution in [0.4, 0.5) is 0 Å². The average molecular weight is 343 g/mol. The van der Waals surface area contributed by atoms with Crippen molar-refractivity contribution < 1.29 is 9.59 Å². The minimum Gasteiger partial charge on any atom is -0.354 e. The van der Waals surface area contributed by atoms with E-state index in [0.29, 0.717) is 31.5 Å². The molecule has 25 heavy (non-hydrogen) atoms. The summed E-state index contributed by atoms with van der Waals surface area (Å²) in [5, 5.41) is 6.41. The third kappa shape index (κ3) is 4.82. The summed E-state index contributed by atoms with van der Waals surface area (Å²) in [6.45, 7) is 1.01. The molecular weight excluding hydrogens is 314 g/mol. The Morgan fingerprint density at radius 1 is 1.20 bits per heavy atom. The Labute approximate surface area is 150 Å². The van der Waals surface area contributed by atoms with Crippen LogP contribution in [0.2, 0.25) is 0 Å². The Balaban J connectivity index is 1.37. The molecule has 5 nitrogen and oxygen atoms in total. The molecule has 1 heterocycles. The zero-order valence-electron chi connectivity index (χ0n) is 15.0. The first-order valence-corrected chi connectivity index (χ1v) is 9.45. The van der Waals surface area contributed by atoms with E-state index in [1.165, 1.54) is 25.7 Å². The fourth-order valence-electron chi connectivity index (χ4n) is 4.07. The van der Waals surface area contributed by atoms with Gasteiger partial charge >= 0.3 is 0 Å². The van der Waals surface area contributed by atoms with Gasteiger partial charge in [0.15, 0.2) is 0 Å². The molecule has 0 radical (unpaired) electrons. The zero-order chi connectivity index (χ0) is 17.6. The average Bonchev–Trinajstić information content (AvgIpc) is 3.06. The highest BCUT2D eigenvalue weighted by molar-refractivity contribution is 5.83. The Kier molecular flexibility index (Phi) is 6.08. The van der Waals surface area contributed by atoms with Crippen LogP contribution in [-0.2, 0) is 16.1 Å². The summed E-state index contributed by atoms with van der Waals surface area (Å²) in [7, 11) is 1.81. The van der Waals surface area contributed by atoms with E-state index in [9.17, 15) is 9.59 Å². The maximum absolute atomic E-state index is 12.3. The molecule has 1 aliphatic heterocycles.